The van der Waals surface area contributed by atoms with Gasteiger partial charge in [0.1, 0.15) is 10.9 Å². The van der Waals surface area contributed by atoms with Crippen molar-refractivity contribution >= 4 is 34.1 Å². The predicted octanol–water partition coefficient (Wildman–Crippen LogP) is 4.76. The van der Waals surface area contributed by atoms with Crippen LogP contribution in [0.2, 0.25) is 5.15 Å². The van der Waals surface area contributed by atoms with Crippen LogP contribution in [-0.2, 0) is 11.3 Å². The molecule has 4 rings (SSSR count). The lowest BCUT2D eigenvalue weighted by molar-refractivity contribution is -0.118. The number of ether oxygens (including phenoxy) is 1. The highest BCUT2D eigenvalue weighted by Gasteiger charge is 2.09. The van der Waals surface area contributed by atoms with Crippen LogP contribution in [0.4, 0.5) is 5.69 Å². The van der Waals surface area contributed by atoms with E-state index in [-0.39, 0.29) is 12.5 Å². The van der Waals surface area contributed by atoms with E-state index in [1.807, 2.05) is 48.7 Å². The summed E-state index contributed by atoms with van der Waals surface area (Å²) in [5, 5.41) is 4.08. The van der Waals surface area contributed by atoms with Crippen molar-refractivity contribution in [2.75, 3.05) is 11.9 Å². The van der Waals surface area contributed by atoms with Gasteiger partial charge in [-0.2, -0.15) is 0 Å². The average molecular weight is 392 g/mol. The minimum atomic E-state index is -0.259. The second-order valence-corrected chi connectivity index (χ2v) is 6.71. The lowest BCUT2D eigenvalue weighted by Gasteiger charge is -2.10. The van der Waals surface area contributed by atoms with Crippen LogP contribution in [0.25, 0.3) is 10.9 Å². The number of fused-ring (bicyclic) bond motifs is 1. The van der Waals surface area contributed by atoms with Gasteiger partial charge in [-0.3, -0.25) is 4.79 Å². The van der Waals surface area contributed by atoms with Gasteiger partial charge in [-0.1, -0.05) is 48.0 Å². The number of benzene rings is 2. The molecule has 0 aliphatic carbocycles. The van der Waals surface area contributed by atoms with Crippen molar-refractivity contribution in [1.82, 2.24) is 9.55 Å². The van der Waals surface area contributed by atoms with Gasteiger partial charge in [0.25, 0.3) is 5.91 Å². The molecule has 0 aliphatic heterocycles. The quantitative estimate of drug-likeness (QED) is 0.482. The first-order valence-electron chi connectivity index (χ1n) is 8.85. The monoisotopic (exact) mass is 391 g/mol. The summed E-state index contributed by atoms with van der Waals surface area (Å²) in [5.74, 6) is 0.415. The summed E-state index contributed by atoms with van der Waals surface area (Å²) in [4.78, 5) is 16.1. The lowest BCUT2D eigenvalue weighted by Crippen LogP contribution is -2.20. The fourth-order valence-corrected chi connectivity index (χ4v) is 3.14. The first-order chi connectivity index (χ1) is 13.7. The molecule has 0 radical (unpaired) electrons. The molecule has 4 aromatic rings. The standard InChI is InChI=1S/C22H18ClN3O2/c23-21-10-9-17(13-24-21)25-22(27)15-28-20-8-4-7-19-18(20)11-12-26(19)14-16-5-2-1-3-6-16/h1-13H,14-15H2,(H,25,27). The van der Waals surface area contributed by atoms with Crippen molar-refractivity contribution in [3.05, 3.63) is 89.8 Å². The fraction of sp³-hybridized carbons (Fsp3) is 0.0909. The van der Waals surface area contributed by atoms with Crippen LogP contribution >= 0.6 is 11.6 Å². The number of aromatic nitrogens is 2. The van der Waals surface area contributed by atoms with Crippen LogP contribution in [0.1, 0.15) is 5.56 Å². The molecule has 0 saturated carbocycles. The molecule has 1 N–H and O–H groups in total. The third-order valence-electron chi connectivity index (χ3n) is 4.34. The molecule has 140 valence electrons. The molecule has 2 aromatic heterocycles. The zero-order chi connectivity index (χ0) is 19.3. The van der Waals surface area contributed by atoms with Gasteiger partial charge < -0.3 is 14.6 Å². The highest BCUT2D eigenvalue weighted by atomic mass is 35.5. The third kappa shape index (κ3) is 4.15. The molecule has 2 aromatic carbocycles. The molecule has 0 saturated heterocycles. The molecule has 0 bridgehead atoms. The molecule has 2 heterocycles. The molecule has 0 unspecified atom stereocenters. The van der Waals surface area contributed by atoms with Crippen LogP contribution in [0.5, 0.6) is 5.75 Å². The molecular weight excluding hydrogens is 374 g/mol. The number of carbonyl (C=O) groups is 1. The number of carbonyl (C=O) groups excluding carboxylic acids is 1. The zero-order valence-corrected chi connectivity index (χ0v) is 15.8. The largest absolute Gasteiger partial charge is 0.483 e. The molecule has 5 nitrogen and oxygen atoms in total. The number of nitrogens with one attached hydrogen (secondary N) is 1. The minimum Gasteiger partial charge on any atom is -0.483 e. The van der Waals surface area contributed by atoms with Gasteiger partial charge in [-0.05, 0) is 35.9 Å². The lowest BCUT2D eigenvalue weighted by atomic mass is 10.2. The first-order valence-corrected chi connectivity index (χ1v) is 9.23. The molecule has 1 amide bonds. The molecular formula is C22H18ClN3O2. The van der Waals surface area contributed by atoms with Crippen molar-refractivity contribution in [3.8, 4) is 5.75 Å². The number of pyridine rings is 1. The van der Waals surface area contributed by atoms with Crippen LogP contribution in [0, 0.1) is 0 Å². The Morgan fingerprint density at radius 2 is 1.89 bits per heavy atom. The van der Waals surface area contributed by atoms with Gasteiger partial charge in [0, 0.05) is 18.1 Å². The molecule has 0 fully saturated rings. The number of amides is 1. The number of nitrogens with zero attached hydrogens (tertiary/aromatic N) is 2. The van der Waals surface area contributed by atoms with E-state index in [0.29, 0.717) is 16.6 Å². The highest BCUT2D eigenvalue weighted by molar-refractivity contribution is 6.29. The number of hydrogen-bond acceptors (Lipinski definition) is 3. The van der Waals surface area contributed by atoms with E-state index in [2.05, 4.69) is 27.0 Å². The zero-order valence-electron chi connectivity index (χ0n) is 15.0. The number of rotatable bonds is 6. The van der Waals surface area contributed by atoms with Crippen LogP contribution in [-0.4, -0.2) is 22.1 Å². The van der Waals surface area contributed by atoms with Crippen molar-refractivity contribution in [1.29, 1.82) is 0 Å². The maximum atomic E-state index is 12.2. The fourth-order valence-electron chi connectivity index (χ4n) is 3.03. The van der Waals surface area contributed by atoms with Crippen LogP contribution < -0.4 is 10.1 Å². The van der Waals surface area contributed by atoms with Gasteiger partial charge in [0.2, 0.25) is 0 Å². The van der Waals surface area contributed by atoms with Gasteiger partial charge in [0.05, 0.1) is 17.4 Å². The maximum absolute atomic E-state index is 12.2. The van der Waals surface area contributed by atoms with Crippen LogP contribution in [0.15, 0.2) is 79.1 Å². The van der Waals surface area contributed by atoms with E-state index in [9.17, 15) is 4.79 Å². The number of halogens is 1. The molecule has 0 aliphatic rings. The normalized spacial score (nSPS) is 10.8. The van der Waals surface area contributed by atoms with E-state index in [0.717, 1.165) is 17.4 Å². The van der Waals surface area contributed by atoms with Crippen LogP contribution in [0.3, 0.4) is 0 Å². The Morgan fingerprint density at radius 1 is 1.04 bits per heavy atom. The van der Waals surface area contributed by atoms with E-state index in [1.54, 1.807) is 12.1 Å². The summed E-state index contributed by atoms with van der Waals surface area (Å²) in [6.45, 7) is 0.684. The summed E-state index contributed by atoms with van der Waals surface area (Å²) in [7, 11) is 0. The van der Waals surface area contributed by atoms with E-state index < -0.39 is 0 Å². The Kier molecular flexibility index (Phi) is 5.26. The Morgan fingerprint density at radius 3 is 2.68 bits per heavy atom. The summed E-state index contributed by atoms with van der Waals surface area (Å²) in [5.41, 5.74) is 2.86. The first kappa shape index (κ1) is 18.1. The second-order valence-electron chi connectivity index (χ2n) is 6.32. The molecule has 28 heavy (non-hydrogen) atoms. The van der Waals surface area contributed by atoms with Crippen molar-refractivity contribution in [3.63, 3.8) is 0 Å². The second kappa shape index (κ2) is 8.15. The molecule has 0 atom stereocenters. The summed E-state index contributed by atoms with van der Waals surface area (Å²) < 4.78 is 7.93. The van der Waals surface area contributed by atoms with Crippen molar-refractivity contribution in [2.24, 2.45) is 0 Å². The van der Waals surface area contributed by atoms with Gasteiger partial charge in [-0.15, -0.1) is 0 Å². The number of hydrogen-bond donors (Lipinski definition) is 1. The van der Waals surface area contributed by atoms with E-state index in [4.69, 9.17) is 16.3 Å². The maximum Gasteiger partial charge on any atom is 0.262 e. The molecule has 0 spiro atoms. The summed E-state index contributed by atoms with van der Waals surface area (Å²) in [6.07, 6.45) is 3.54. The topological polar surface area (TPSA) is 56.1 Å². The van der Waals surface area contributed by atoms with Gasteiger partial charge in [0.15, 0.2) is 6.61 Å². The van der Waals surface area contributed by atoms with E-state index in [1.165, 1.54) is 11.8 Å². The Bertz CT molecular complexity index is 1090. The van der Waals surface area contributed by atoms with E-state index >= 15 is 0 Å². The SMILES string of the molecule is O=C(COc1cccc2c1ccn2Cc1ccccc1)Nc1ccc(Cl)nc1. The van der Waals surface area contributed by atoms with Crippen molar-refractivity contribution in [2.45, 2.75) is 6.54 Å². The van der Waals surface area contributed by atoms with Crippen molar-refractivity contribution < 1.29 is 9.53 Å². The highest BCUT2D eigenvalue weighted by Crippen LogP contribution is 2.27. The third-order valence-corrected chi connectivity index (χ3v) is 4.56. The Balaban J connectivity index is 1.45. The van der Waals surface area contributed by atoms with Gasteiger partial charge >= 0.3 is 0 Å². The van der Waals surface area contributed by atoms with Gasteiger partial charge in [-0.25, -0.2) is 4.98 Å². The Hall–Kier alpha value is -3.31. The smallest absolute Gasteiger partial charge is 0.262 e. The average Bonchev–Trinajstić information content (AvgIpc) is 3.12. The molecule has 6 heteroatoms. The summed E-state index contributed by atoms with van der Waals surface area (Å²) >= 11 is 5.75. The summed E-state index contributed by atoms with van der Waals surface area (Å²) in [6, 6.07) is 21.4. The Labute approximate surface area is 167 Å². The predicted molar refractivity (Wildman–Crippen MR) is 111 cm³/mol. The number of anilines is 1. The minimum absolute atomic E-state index is 0.0917.